The zero-order valence-electron chi connectivity index (χ0n) is 11.7. The lowest BCUT2D eigenvalue weighted by Gasteiger charge is -2.19. The molecule has 0 aliphatic rings. The van der Waals surface area contributed by atoms with E-state index in [9.17, 15) is 0 Å². The molecule has 2 aromatic rings. The Morgan fingerprint density at radius 1 is 1.15 bits per heavy atom. The van der Waals surface area contributed by atoms with E-state index in [1.54, 1.807) is 6.07 Å². The second-order valence-electron chi connectivity index (χ2n) is 4.66. The Bertz CT molecular complexity index is 584. The van der Waals surface area contributed by atoms with Gasteiger partial charge in [0, 0.05) is 6.20 Å². The Labute approximate surface area is 130 Å². The van der Waals surface area contributed by atoms with Gasteiger partial charge in [-0.25, -0.2) is 0 Å². The first kappa shape index (κ1) is 15.3. The van der Waals surface area contributed by atoms with Crippen molar-refractivity contribution in [1.29, 1.82) is 0 Å². The Kier molecular flexibility index (Phi) is 5.41. The molecule has 0 aliphatic carbocycles. The average Bonchev–Trinajstić information content (AvgIpc) is 2.49. The third-order valence-corrected chi connectivity index (χ3v) is 4.30. The third kappa shape index (κ3) is 3.32. The van der Waals surface area contributed by atoms with Gasteiger partial charge in [0.25, 0.3) is 0 Å². The molecule has 0 aliphatic heterocycles. The molecule has 20 heavy (non-hydrogen) atoms. The molecule has 1 aromatic heterocycles. The molecule has 0 spiro atoms. The summed E-state index contributed by atoms with van der Waals surface area (Å²) in [6.45, 7) is 2.14. The highest BCUT2D eigenvalue weighted by atomic mass is 35.5. The van der Waals surface area contributed by atoms with Crippen molar-refractivity contribution in [2.24, 2.45) is 0 Å². The highest BCUT2D eigenvalue weighted by molar-refractivity contribution is 6.42. The summed E-state index contributed by atoms with van der Waals surface area (Å²) in [5.74, 6) is 0. The molecule has 1 aromatic carbocycles. The van der Waals surface area contributed by atoms with Crippen molar-refractivity contribution in [3.8, 4) is 0 Å². The number of halogens is 2. The number of hydrogen-bond donors (Lipinski definition) is 1. The first-order valence-corrected chi connectivity index (χ1v) is 7.46. The van der Waals surface area contributed by atoms with Crippen LogP contribution in [0.2, 0.25) is 10.0 Å². The van der Waals surface area contributed by atoms with Gasteiger partial charge >= 0.3 is 0 Å². The molecule has 0 amide bonds. The summed E-state index contributed by atoms with van der Waals surface area (Å²) in [5, 5.41) is 4.55. The van der Waals surface area contributed by atoms with Gasteiger partial charge in [-0.3, -0.25) is 4.98 Å². The lowest BCUT2D eigenvalue weighted by molar-refractivity contribution is 0.570. The number of hydrogen-bond acceptors (Lipinski definition) is 2. The van der Waals surface area contributed by atoms with Gasteiger partial charge in [0.2, 0.25) is 0 Å². The van der Waals surface area contributed by atoms with Gasteiger partial charge in [0.1, 0.15) is 0 Å². The summed E-state index contributed by atoms with van der Waals surface area (Å²) in [7, 11) is 1.94. The number of pyridine rings is 1. The van der Waals surface area contributed by atoms with Crippen molar-refractivity contribution in [3.63, 3.8) is 0 Å². The van der Waals surface area contributed by atoms with E-state index in [0.29, 0.717) is 10.0 Å². The van der Waals surface area contributed by atoms with Gasteiger partial charge in [-0.1, -0.05) is 48.3 Å². The number of nitrogens with zero attached hydrogens (tertiary/aromatic N) is 1. The van der Waals surface area contributed by atoms with E-state index in [-0.39, 0.29) is 6.04 Å². The van der Waals surface area contributed by atoms with Gasteiger partial charge in [0.05, 0.1) is 21.8 Å². The molecule has 0 radical (unpaired) electrons. The van der Waals surface area contributed by atoms with Crippen molar-refractivity contribution < 1.29 is 0 Å². The van der Waals surface area contributed by atoms with Gasteiger partial charge in [-0.15, -0.1) is 0 Å². The first-order chi connectivity index (χ1) is 9.67. The summed E-state index contributed by atoms with van der Waals surface area (Å²) < 4.78 is 0. The fourth-order valence-electron chi connectivity index (χ4n) is 2.33. The third-order valence-electron chi connectivity index (χ3n) is 3.44. The van der Waals surface area contributed by atoms with Crippen LogP contribution in [0.5, 0.6) is 0 Å². The van der Waals surface area contributed by atoms with Gasteiger partial charge in [-0.2, -0.15) is 0 Å². The largest absolute Gasteiger partial charge is 0.311 e. The van der Waals surface area contributed by atoms with Gasteiger partial charge < -0.3 is 5.32 Å². The molecule has 1 atom stereocenters. The maximum atomic E-state index is 6.28. The van der Waals surface area contributed by atoms with Crippen LogP contribution in [-0.4, -0.2) is 12.0 Å². The van der Waals surface area contributed by atoms with Crippen molar-refractivity contribution >= 4 is 23.2 Å². The zero-order chi connectivity index (χ0) is 14.5. The minimum absolute atomic E-state index is 0.127. The Hall–Kier alpha value is -1.09. The molecular formula is C16H18Cl2N2. The normalized spacial score (nSPS) is 12.4. The van der Waals surface area contributed by atoms with Crippen molar-refractivity contribution in [3.05, 3.63) is 63.4 Å². The fourth-order valence-corrected chi connectivity index (χ4v) is 2.72. The predicted molar refractivity (Wildman–Crippen MR) is 85.6 cm³/mol. The Balaban J connectivity index is 2.31. The minimum Gasteiger partial charge on any atom is -0.311 e. The summed E-state index contributed by atoms with van der Waals surface area (Å²) in [6.07, 6.45) is 3.56. The summed E-state index contributed by atoms with van der Waals surface area (Å²) in [4.78, 5) is 4.53. The van der Waals surface area contributed by atoms with E-state index in [1.165, 1.54) is 5.56 Å². The Morgan fingerprint density at radius 3 is 2.60 bits per heavy atom. The van der Waals surface area contributed by atoms with Gasteiger partial charge in [0.15, 0.2) is 0 Å². The van der Waals surface area contributed by atoms with Crippen molar-refractivity contribution in [2.45, 2.75) is 25.8 Å². The topological polar surface area (TPSA) is 24.9 Å². The number of benzene rings is 1. The fraction of sp³-hybridized carbons (Fsp3) is 0.312. The molecule has 106 valence electrons. The smallest absolute Gasteiger partial charge is 0.0625 e. The van der Waals surface area contributed by atoms with E-state index in [0.717, 1.165) is 24.1 Å². The van der Waals surface area contributed by atoms with Crippen LogP contribution in [0.1, 0.15) is 29.8 Å². The van der Waals surface area contributed by atoms with E-state index in [2.05, 4.69) is 23.3 Å². The second-order valence-corrected chi connectivity index (χ2v) is 5.44. The van der Waals surface area contributed by atoms with Gasteiger partial charge in [-0.05, 0) is 43.1 Å². The second kappa shape index (κ2) is 7.07. The quantitative estimate of drug-likeness (QED) is 0.882. The molecule has 2 nitrogen and oxygen atoms in total. The van der Waals surface area contributed by atoms with Crippen LogP contribution in [0.25, 0.3) is 0 Å². The van der Waals surface area contributed by atoms with E-state index in [1.807, 2.05) is 31.4 Å². The highest BCUT2D eigenvalue weighted by Crippen LogP contribution is 2.29. The summed E-state index contributed by atoms with van der Waals surface area (Å²) in [5.41, 5.74) is 3.37. The summed E-state index contributed by atoms with van der Waals surface area (Å²) in [6, 6.07) is 9.96. The average molecular weight is 309 g/mol. The predicted octanol–water partition coefficient (Wildman–Crippen LogP) is 4.45. The first-order valence-electron chi connectivity index (χ1n) is 6.71. The monoisotopic (exact) mass is 308 g/mol. The standard InChI is InChI=1S/C16H18Cl2N2/c1-3-11-7-5-9-20-16(11)14(19-2)10-12-6-4-8-13(17)15(12)18/h4-9,14,19H,3,10H2,1-2H3. The Morgan fingerprint density at radius 2 is 1.90 bits per heavy atom. The lowest BCUT2D eigenvalue weighted by atomic mass is 9.98. The van der Waals surface area contributed by atoms with Crippen LogP contribution in [0, 0.1) is 0 Å². The number of nitrogens with one attached hydrogen (secondary N) is 1. The number of likely N-dealkylation sites (N-methyl/N-ethyl adjacent to an activating group) is 1. The molecule has 0 fully saturated rings. The maximum Gasteiger partial charge on any atom is 0.0625 e. The number of aryl methyl sites for hydroxylation is 1. The molecule has 0 bridgehead atoms. The lowest BCUT2D eigenvalue weighted by Crippen LogP contribution is -2.21. The van der Waals surface area contributed by atoms with Crippen LogP contribution in [0.3, 0.4) is 0 Å². The van der Waals surface area contributed by atoms with Crippen LogP contribution in [0.15, 0.2) is 36.5 Å². The van der Waals surface area contributed by atoms with Crippen LogP contribution in [0.4, 0.5) is 0 Å². The maximum absolute atomic E-state index is 6.28. The van der Waals surface area contributed by atoms with Crippen LogP contribution >= 0.6 is 23.2 Å². The zero-order valence-corrected chi connectivity index (χ0v) is 13.2. The molecule has 1 N–H and O–H groups in total. The van der Waals surface area contributed by atoms with Crippen LogP contribution < -0.4 is 5.32 Å². The molecule has 1 unspecified atom stereocenters. The van der Waals surface area contributed by atoms with Crippen molar-refractivity contribution in [1.82, 2.24) is 10.3 Å². The van der Waals surface area contributed by atoms with E-state index < -0.39 is 0 Å². The number of aromatic nitrogens is 1. The highest BCUT2D eigenvalue weighted by Gasteiger charge is 2.17. The summed E-state index contributed by atoms with van der Waals surface area (Å²) >= 11 is 12.4. The molecule has 4 heteroatoms. The van der Waals surface area contributed by atoms with E-state index in [4.69, 9.17) is 23.2 Å². The molecular weight excluding hydrogens is 291 g/mol. The minimum atomic E-state index is 0.127. The molecule has 0 saturated heterocycles. The molecule has 2 rings (SSSR count). The van der Waals surface area contributed by atoms with Crippen molar-refractivity contribution in [2.75, 3.05) is 7.05 Å². The SMILES string of the molecule is CCc1cccnc1C(Cc1cccc(Cl)c1Cl)NC. The van der Waals surface area contributed by atoms with Crippen LogP contribution in [-0.2, 0) is 12.8 Å². The molecule has 1 heterocycles. The molecule has 0 saturated carbocycles. The van der Waals surface area contributed by atoms with E-state index >= 15 is 0 Å². The number of rotatable bonds is 5.